The highest BCUT2D eigenvalue weighted by Crippen LogP contribution is 2.34. The Morgan fingerprint density at radius 3 is 2.50 bits per heavy atom. The molecule has 0 amide bonds. The Bertz CT molecular complexity index is 388. The molecule has 1 heterocycles. The summed E-state index contributed by atoms with van der Waals surface area (Å²) in [6.45, 7) is 0. The van der Waals surface area contributed by atoms with Gasteiger partial charge in [-0.15, -0.1) is 0 Å². The van der Waals surface area contributed by atoms with Gasteiger partial charge < -0.3 is 9.47 Å². The number of halogens is 3. The summed E-state index contributed by atoms with van der Waals surface area (Å²) in [5.74, 6) is 0.0622. The average molecular weight is 233 g/mol. The van der Waals surface area contributed by atoms with E-state index in [1.54, 1.807) is 0 Å². The molecule has 0 N–H and O–H groups in total. The van der Waals surface area contributed by atoms with Gasteiger partial charge in [0.25, 0.3) is 0 Å². The molecule has 0 unspecified atom stereocenters. The van der Waals surface area contributed by atoms with E-state index in [0.29, 0.717) is 0 Å². The predicted octanol–water partition coefficient (Wildman–Crippen LogP) is 2.65. The monoisotopic (exact) mass is 233 g/mol. The summed E-state index contributed by atoms with van der Waals surface area (Å²) in [6, 6.07) is 2.24. The van der Waals surface area contributed by atoms with Crippen LogP contribution in [0.1, 0.15) is 18.5 Å². The molecular formula is C10H10F3NO2. The van der Waals surface area contributed by atoms with Gasteiger partial charge in [0.1, 0.15) is 5.75 Å². The lowest BCUT2D eigenvalue weighted by Crippen LogP contribution is -2.09. The van der Waals surface area contributed by atoms with Crippen molar-refractivity contribution < 1.29 is 22.6 Å². The van der Waals surface area contributed by atoms with Crippen LogP contribution in [0.15, 0.2) is 12.1 Å². The van der Waals surface area contributed by atoms with Crippen LogP contribution in [-0.2, 0) is 6.18 Å². The summed E-state index contributed by atoms with van der Waals surface area (Å²) in [6.07, 6.45) is -2.69. The molecule has 0 bridgehead atoms. The molecule has 2 rings (SSSR count). The molecule has 6 heteroatoms. The molecule has 3 nitrogen and oxygen atoms in total. The molecule has 0 spiro atoms. The second-order valence-electron chi connectivity index (χ2n) is 3.55. The van der Waals surface area contributed by atoms with Gasteiger partial charge in [0.15, 0.2) is 5.69 Å². The third-order valence-electron chi connectivity index (χ3n) is 2.10. The molecular weight excluding hydrogens is 223 g/mol. The lowest BCUT2D eigenvalue weighted by atomic mass is 10.3. The lowest BCUT2D eigenvalue weighted by molar-refractivity contribution is -0.141. The van der Waals surface area contributed by atoms with E-state index in [9.17, 15) is 13.2 Å². The minimum absolute atomic E-state index is 0.0354. The van der Waals surface area contributed by atoms with Crippen molar-refractivity contribution in [1.82, 2.24) is 4.98 Å². The number of rotatable bonds is 3. The van der Waals surface area contributed by atoms with Gasteiger partial charge in [-0.3, -0.25) is 0 Å². The maximum absolute atomic E-state index is 12.5. The van der Waals surface area contributed by atoms with Gasteiger partial charge in [-0.05, 0) is 12.8 Å². The minimum Gasteiger partial charge on any atom is -0.490 e. The van der Waals surface area contributed by atoms with E-state index >= 15 is 0 Å². The number of alkyl halides is 3. The van der Waals surface area contributed by atoms with E-state index in [1.165, 1.54) is 13.2 Å². The zero-order valence-corrected chi connectivity index (χ0v) is 8.54. The molecule has 0 aliphatic heterocycles. The van der Waals surface area contributed by atoms with Crippen molar-refractivity contribution in [2.45, 2.75) is 25.1 Å². The summed E-state index contributed by atoms with van der Waals surface area (Å²) in [4.78, 5) is 3.32. The van der Waals surface area contributed by atoms with E-state index in [2.05, 4.69) is 4.98 Å². The summed E-state index contributed by atoms with van der Waals surface area (Å²) in [5, 5.41) is 0. The Morgan fingerprint density at radius 1 is 1.31 bits per heavy atom. The highest BCUT2D eigenvalue weighted by atomic mass is 19.4. The maximum Gasteiger partial charge on any atom is 0.433 e. The van der Waals surface area contributed by atoms with Crippen LogP contribution >= 0.6 is 0 Å². The first kappa shape index (κ1) is 11.0. The summed E-state index contributed by atoms with van der Waals surface area (Å²) < 4.78 is 47.4. The number of pyridine rings is 1. The smallest absolute Gasteiger partial charge is 0.433 e. The third kappa shape index (κ3) is 2.56. The van der Waals surface area contributed by atoms with Crippen molar-refractivity contribution in [2.24, 2.45) is 0 Å². The second kappa shape index (κ2) is 3.84. The Balaban J connectivity index is 2.29. The fourth-order valence-corrected chi connectivity index (χ4v) is 1.18. The van der Waals surface area contributed by atoms with Crippen LogP contribution in [0.25, 0.3) is 0 Å². The quantitative estimate of drug-likeness (QED) is 0.804. The summed E-state index contributed by atoms with van der Waals surface area (Å²) in [7, 11) is 1.27. The van der Waals surface area contributed by atoms with E-state index in [0.717, 1.165) is 18.9 Å². The van der Waals surface area contributed by atoms with Gasteiger partial charge >= 0.3 is 6.18 Å². The summed E-state index contributed by atoms with van der Waals surface area (Å²) in [5.41, 5.74) is -0.998. The largest absolute Gasteiger partial charge is 0.490 e. The number of methoxy groups -OCH3 is 1. The van der Waals surface area contributed by atoms with E-state index in [4.69, 9.17) is 9.47 Å². The molecule has 0 atom stereocenters. The van der Waals surface area contributed by atoms with E-state index < -0.39 is 11.9 Å². The van der Waals surface area contributed by atoms with Crippen LogP contribution in [0.3, 0.4) is 0 Å². The zero-order valence-electron chi connectivity index (χ0n) is 8.54. The van der Waals surface area contributed by atoms with Crippen molar-refractivity contribution in [3.8, 4) is 11.6 Å². The fraction of sp³-hybridized carbons (Fsp3) is 0.500. The van der Waals surface area contributed by atoms with Crippen LogP contribution in [0.5, 0.6) is 11.6 Å². The molecule has 0 aromatic carbocycles. The van der Waals surface area contributed by atoms with Crippen LogP contribution in [0.4, 0.5) is 13.2 Å². The molecule has 1 aromatic rings. The normalized spacial score (nSPS) is 16.0. The Hall–Kier alpha value is -1.46. The maximum atomic E-state index is 12.5. The van der Waals surface area contributed by atoms with Crippen LogP contribution in [0, 0.1) is 0 Å². The molecule has 0 radical (unpaired) electrons. The van der Waals surface area contributed by atoms with Gasteiger partial charge in [-0.1, -0.05) is 0 Å². The number of hydrogen-bond acceptors (Lipinski definition) is 3. The Morgan fingerprint density at radius 2 is 2.00 bits per heavy atom. The summed E-state index contributed by atoms with van der Waals surface area (Å²) >= 11 is 0. The van der Waals surface area contributed by atoms with Gasteiger partial charge in [-0.2, -0.15) is 13.2 Å². The fourth-order valence-electron chi connectivity index (χ4n) is 1.18. The number of nitrogens with zero attached hydrogens (tertiary/aromatic N) is 1. The van der Waals surface area contributed by atoms with Crippen LogP contribution in [-0.4, -0.2) is 18.2 Å². The van der Waals surface area contributed by atoms with E-state index in [-0.39, 0.29) is 17.7 Å². The Kier molecular flexibility index (Phi) is 2.65. The van der Waals surface area contributed by atoms with E-state index in [1.807, 2.05) is 0 Å². The highest BCUT2D eigenvalue weighted by Gasteiger charge is 2.34. The van der Waals surface area contributed by atoms with Crippen LogP contribution < -0.4 is 9.47 Å². The van der Waals surface area contributed by atoms with Crippen molar-refractivity contribution in [1.29, 1.82) is 0 Å². The number of ether oxygens (including phenoxy) is 2. The van der Waals surface area contributed by atoms with Crippen LogP contribution in [0.2, 0.25) is 0 Å². The molecule has 16 heavy (non-hydrogen) atoms. The number of aromatic nitrogens is 1. The predicted molar refractivity (Wildman–Crippen MR) is 49.4 cm³/mol. The minimum atomic E-state index is -4.49. The zero-order chi connectivity index (χ0) is 11.8. The molecule has 1 fully saturated rings. The first-order valence-electron chi connectivity index (χ1n) is 4.79. The topological polar surface area (TPSA) is 31.4 Å². The molecule has 88 valence electrons. The van der Waals surface area contributed by atoms with Gasteiger partial charge in [0.2, 0.25) is 5.88 Å². The number of hydrogen-bond donors (Lipinski definition) is 0. The second-order valence-corrected chi connectivity index (χ2v) is 3.55. The highest BCUT2D eigenvalue weighted by molar-refractivity contribution is 5.32. The molecule has 1 saturated carbocycles. The third-order valence-corrected chi connectivity index (χ3v) is 2.10. The molecule has 1 aliphatic rings. The lowest BCUT2D eigenvalue weighted by Gasteiger charge is -2.11. The van der Waals surface area contributed by atoms with Gasteiger partial charge in [-0.25, -0.2) is 4.98 Å². The molecule has 1 aliphatic carbocycles. The van der Waals surface area contributed by atoms with Crippen molar-refractivity contribution >= 4 is 0 Å². The SMILES string of the molecule is COc1cc(OC2CC2)cc(C(F)(F)F)n1. The molecule has 1 aromatic heterocycles. The first-order chi connectivity index (χ1) is 7.49. The molecule has 0 saturated heterocycles. The Labute approximate surface area is 90.2 Å². The van der Waals surface area contributed by atoms with Crippen molar-refractivity contribution in [3.63, 3.8) is 0 Å². The average Bonchev–Trinajstić information content (AvgIpc) is 3.00. The first-order valence-corrected chi connectivity index (χ1v) is 4.79. The van der Waals surface area contributed by atoms with Gasteiger partial charge in [0.05, 0.1) is 13.2 Å². The standard InChI is InChI=1S/C10H10F3NO2/c1-15-9-5-7(16-6-2-3-6)4-8(14-9)10(11,12)13/h4-6H,2-3H2,1H3. The van der Waals surface area contributed by atoms with Gasteiger partial charge in [0, 0.05) is 12.1 Å². The van der Waals surface area contributed by atoms with Crippen molar-refractivity contribution in [2.75, 3.05) is 7.11 Å². The van der Waals surface area contributed by atoms with Crippen molar-refractivity contribution in [3.05, 3.63) is 17.8 Å².